The third-order valence-electron chi connectivity index (χ3n) is 1.87. The van der Waals surface area contributed by atoms with Crippen LogP contribution in [0.15, 0.2) is 0 Å². The SMILES string of the molecule is CCCC(O)(O)O.CCCCC(O)(O)O.OCC(O)CO. The Hall–Kier alpha value is -0.360. The summed E-state index contributed by atoms with van der Waals surface area (Å²) in [7, 11) is 0. The van der Waals surface area contributed by atoms with E-state index in [1.165, 1.54) is 0 Å². The van der Waals surface area contributed by atoms with Crippen LogP contribution in [-0.2, 0) is 0 Å². The van der Waals surface area contributed by atoms with Crippen molar-refractivity contribution in [2.24, 2.45) is 0 Å². The Kier molecular flexibility index (Phi) is 17.8. The first-order valence-electron chi connectivity index (χ1n) is 6.67. The fourth-order valence-corrected chi connectivity index (χ4v) is 0.807. The third kappa shape index (κ3) is 38.3. The lowest BCUT2D eigenvalue weighted by Crippen LogP contribution is -2.26. The standard InChI is InChI=1S/C5H12O3.C4H10O3.C3H8O3/c1-2-3-4-5(6,7)8;1-2-3-4(5,6)7;4-1-3(6)2-5/h6-8H,2-4H2,1H3;5-7H,2-3H2,1H3;3-6H,1-2H2. The largest absolute Gasteiger partial charge is 0.394 e. The molecule has 0 rings (SSSR count). The van der Waals surface area contributed by atoms with E-state index in [9.17, 15) is 0 Å². The molecule has 0 aliphatic rings. The second-order valence-electron chi connectivity index (χ2n) is 4.42. The summed E-state index contributed by atoms with van der Waals surface area (Å²) in [4.78, 5) is 0. The Balaban J connectivity index is -0.000000234. The van der Waals surface area contributed by atoms with Crippen LogP contribution in [0, 0.1) is 0 Å². The predicted octanol–water partition coefficient (Wildman–Crippen LogP) is -2.44. The number of aliphatic hydroxyl groups is 9. The molecule has 9 nitrogen and oxygen atoms in total. The van der Waals surface area contributed by atoms with Crippen molar-refractivity contribution in [1.29, 1.82) is 0 Å². The van der Waals surface area contributed by atoms with Crippen LogP contribution in [0.4, 0.5) is 0 Å². The van der Waals surface area contributed by atoms with Gasteiger partial charge < -0.3 is 46.0 Å². The summed E-state index contributed by atoms with van der Waals surface area (Å²) in [6.45, 7) is 2.93. The van der Waals surface area contributed by atoms with Crippen LogP contribution in [-0.4, -0.2) is 77.2 Å². The monoisotopic (exact) mass is 318 g/mol. The number of hydrogen-bond donors (Lipinski definition) is 9. The van der Waals surface area contributed by atoms with Crippen molar-refractivity contribution in [3.8, 4) is 0 Å². The minimum absolute atomic E-state index is 0.00694. The predicted molar refractivity (Wildman–Crippen MR) is 73.4 cm³/mol. The molecule has 21 heavy (non-hydrogen) atoms. The van der Waals surface area contributed by atoms with Crippen LogP contribution in [0.5, 0.6) is 0 Å². The molecule has 0 fully saturated rings. The zero-order valence-electron chi connectivity index (χ0n) is 12.6. The van der Waals surface area contributed by atoms with E-state index in [1.807, 2.05) is 6.92 Å². The van der Waals surface area contributed by atoms with Gasteiger partial charge in [0.15, 0.2) is 0 Å². The molecule has 9 heteroatoms. The Morgan fingerprint density at radius 2 is 1.10 bits per heavy atom. The smallest absolute Gasteiger partial charge is 0.275 e. The maximum Gasteiger partial charge on any atom is 0.275 e. The fraction of sp³-hybridized carbons (Fsp3) is 1.00. The van der Waals surface area contributed by atoms with Crippen LogP contribution >= 0.6 is 0 Å². The molecule has 132 valence electrons. The van der Waals surface area contributed by atoms with Gasteiger partial charge in [0.1, 0.15) is 6.10 Å². The maximum atomic E-state index is 8.26. The number of aliphatic hydroxyl groups excluding tert-OH is 3. The number of hydrogen-bond acceptors (Lipinski definition) is 9. The van der Waals surface area contributed by atoms with Gasteiger partial charge in [-0.25, -0.2) is 0 Å². The second-order valence-corrected chi connectivity index (χ2v) is 4.42. The molecule has 0 spiro atoms. The molecule has 0 aliphatic carbocycles. The van der Waals surface area contributed by atoms with Gasteiger partial charge in [0.05, 0.1) is 13.2 Å². The quantitative estimate of drug-likeness (QED) is 0.230. The zero-order chi connectivity index (χ0) is 17.5. The lowest BCUT2D eigenvalue weighted by atomic mass is 10.2. The molecule has 0 aromatic heterocycles. The van der Waals surface area contributed by atoms with Gasteiger partial charge in [0.25, 0.3) is 11.9 Å². The van der Waals surface area contributed by atoms with E-state index >= 15 is 0 Å². The van der Waals surface area contributed by atoms with Gasteiger partial charge in [0.2, 0.25) is 0 Å². The molecule has 9 N–H and O–H groups in total. The highest BCUT2D eigenvalue weighted by Gasteiger charge is 2.15. The minimum atomic E-state index is -2.45. The van der Waals surface area contributed by atoms with E-state index in [1.54, 1.807) is 6.92 Å². The van der Waals surface area contributed by atoms with Crippen molar-refractivity contribution in [2.75, 3.05) is 13.2 Å². The maximum absolute atomic E-state index is 8.26. The van der Waals surface area contributed by atoms with Crippen LogP contribution in [0.3, 0.4) is 0 Å². The summed E-state index contributed by atoms with van der Waals surface area (Å²) in [5.74, 6) is -4.90. The van der Waals surface area contributed by atoms with Crippen LogP contribution in [0.25, 0.3) is 0 Å². The summed E-state index contributed by atoms with van der Waals surface area (Å²) in [5.41, 5.74) is 0. The van der Waals surface area contributed by atoms with Crippen LogP contribution in [0.2, 0.25) is 0 Å². The van der Waals surface area contributed by atoms with E-state index in [2.05, 4.69) is 0 Å². The van der Waals surface area contributed by atoms with E-state index in [0.29, 0.717) is 12.8 Å². The first-order valence-corrected chi connectivity index (χ1v) is 6.67. The third-order valence-corrected chi connectivity index (χ3v) is 1.87. The first-order chi connectivity index (χ1) is 9.43. The highest BCUT2D eigenvalue weighted by Crippen LogP contribution is 2.05. The minimum Gasteiger partial charge on any atom is -0.394 e. The van der Waals surface area contributed by atoms with Gasteiger partial charge in [0, 0.05) is 12.8 Å². The first kappa shape index (κ1) is 25.6. The molecule has 0 aliphatic heterocycles. The number of unbranched alkanes of at least 4 members (excludes halogenated alkanes) is 1. The van der Waals surface area contributed by atoms with Crippen molar-refractivity contribution in [3.63, 3.8) is 0 Å². The Labute approximate surface area is 124 Å². The Morgan fingerprint density at radius 3 is 1.14 bits per heavy atom. The molecule has 0 aromatic rings. The van der Waals surface area contributed by atoms with Crippen molar-refractivity contribution in [2.45, 2.75) is 64.0 Å². The molecular weight excluding hydrogens is 288 g/mol. The molecule has 0 unspecified atom stereocenters. The molecule has 0 atom stereocenters. The van der Waals surface area contributed by atoms with Crippen molar-refractivity contribution >= 4 is 0 Å². The lowest BCUT2D eigenvalue weighted by Gasteiger charge is -2.11. The van der Waals surface area contributed by atoms with Gasteiger partial charge >= 0.3 is 0 Å². The van der Waals surface area contributed by atoms with E-state index < -0.39 is 18.1 Å². The summed E-state index contributed by atoms with van der Waals surface area (Å²) >= 11 is 0. The van der Waals surface area contributed by atoms with E-state index in [-0.39, 0.29) is 26.1 Å². The van der Waals surface area contributed by atoms with Gasteiger partial charge in [-0.05, 0) is 12.8 Å². The van der Waals surface area contributed by atoms with Gasteiger partial charge in [-0.1, -0.05) is 20.3 Å². The Morgan fingerprint density at radius 1 is 0.714 bits per heavy atom. The molecule has 0 saturated heterocycles. The summed E-state index contributed by atoms with van der Waals surface area (Å²) in [6, 6.07) is 0. The Bertz CT molecular complexity index is 194. The zero-order valence-corrected chi connectivity index (χ0v) is 12.6. The normalized spacial score (nSPS) is 11.4. The highest BCUT2D eigenvalue weighted by molar-refractivity contribution is 4.45. The lowest BCUT2D eigenvalue weighted by molar-refractivity contribution is -0.315. The molecule has 0 aromatic carbocycles. The van der Waals surface area contributed by atoms with Gasteiger partial charge in [-0.3, -0.25) is 0 Å². The van der Waals surface area contributed by atoms with Gasteiger partial charge in [-0.15, -0.1) is 0 Å². The van der Waals surface area contributed by atoms with Crippen LogP contribution < -0.4 is 0 Å². The molecule has 0 heterocycles. The fourth-order valence-electron chi connectivity index (χ4n) is 0.807. The highest BCUT2D eigenvalue weighted by atomic mass is 16.7. The number of rotatable bonds is 7. The van der Waals surface area contributed by atoms with E-state index in [0.717, 1.165) is 6.42 Å². The molecular formula is C12H30O9. The van der Waals surface area contributed by atoms with Crippen LogP contribution in [0.1, 0.15) is 46.0 Å². The average molecular weight is 318 g/mol. The van der Waals surface area contributed by atoms with Crippen molar-refractivity contribution < 1.29 is 46.0 Å². The van der Waals surface area contributed by atoms with Crippen molar-refractivity contribution in [1.82, 2.24) is 0 Å². The average Bonchev–Trinajstić information content (AvgIpc) is 2.34. The topological polar surface area (TPSA) is 182 Å². The molecule has 0 bridgehead atoms. The molecule has 0 amide bonds. The van der Waals surface area contributed by atoms with E-state index in [4.69, 9.17) is 46.0 Å². The van der Waals surface area contributed by atoms with Crippen molar-refractivity contribution in [3.05, 3.63) is 0 Å². The summed E-state index contributed by atoms with van der Waals surface area (Å²) in [5, 5.41) is 73.2. The summed E-state index contributed by atoms with van der Waals surface area (Å²) in [6.07, 6.45) is 1.12. The second kappa shape index (κ2) is 14.6. The van der Waals surface area contributed by atoms with Gasteiger partial charge in [-0.2, -0.15) is 0 Å². The molecule has 0 saturated carbocycles. The summed E-state index contributed by atoms with van der Waals surface area (Å²) < 4.78 is 0. The molecule has 0 radical (unpaired) electrons.